The van der Waals surface area contributed by atoms with Crippen LogP contribution in [0, 0.1) is 0 Å². The van der Waals surface area contributed by atoms with Gasteiger partial charge in [0.2, 0.25) is 0 Å². The van der Waals surface area contributed by atoms with Gasteiger partial charge in [-0.1, -0.05) is 25.1 Å². The average molecular weight is 237 g/mol. The maximum atomic E-state index is 5.74. The van der Waals surface area contributed by atoms with Gasteiger partial charge in [0.1, 0.15) is 5.75 Å². The third-order valence-electron chi connectivity index (χ3n) is 2.60. The fourth-order valence-electron chi connectivity index (χ4n) is 1.67. The van der Waals surface area contributed by atoms with E-state index in [1.807, 2.05) is 18.2 Å². The highest BCUT2D eigenvalue weighted by Crippen LogP contribution is 2.24. The Kier molecular flexibility index (Phi) is 6.67. The minimum absolute atomic E-state index is 0.276. The lowest BCUT2D eigenvalue weighted by Crippen LogP contribution is -2.23. The van der Waals surface area contributed by atoms with E-state index in [1.54, 1.807) is 7.11 Å². The van der Waals surface area contributed by atoms with Crippen molar-refractivity contribution >= 4 is 0 Å². The summed E-state index contributed by atoms with van der Waals surface area (Å²) in [5, 5.41) is 3.41. The summed E-state index contributed by atoms with van der Waals surface area (Å²) < 4.78 is 10.8. The zero-order chi connectivity index (χ0) is 12.5. The van der Waals surface area contributed by atoms with E-state index in [0.717, 1.165) is 31.9 Å². The molecule has 0 heterocycles. The van der Waals surface area contributed by atoms with E-state index < -0.39 is 0 Å². The molecule has 96 valence electrons. The summed E-state index contributed by atoms with van der Waals surface area (Å²) in [5.41, 5.74) is 1.21. The van der Waals surface area contributed by atoms with E-state index in [4.69, 9.17) is 9.47 Å². The Hall–Kier alpha value is -1.06. The number of nitrogens with one attached hydrogen (secondary N) is 1. The molecule has 0 amide bonds. The van der Waals surface area contributed by atoms with Gasteiger partial charge in [-0.3, -0.25) is 0 Å². The van der Waals surface area contributed by atoms with E-state index in [9.17, 15) is 0 Å². The van der Waals surface area contributed by atoms with Gasteiger partial charge < -0.3 is 14.8 Å². The lowest BCUT2D eigenvalue weighted by atomic mass is 10.1. The van der Waals surface area contributed by atoms with Gasteiger partial charge in [0.05, 0.1) is 13.2 Å². The SMILES string of the molecule is CCCOc1ccccc1[C@H](C)NCCOC. The third kappa shape index (κ3) is 4.75. The summed E-state index contributed by atoms with van der Waals surface area (Å²) in [6.45, 7) is 6.59. The zero-order valence-corrected chi connectivity index (χ0v) is 11.0. The number of hydrogen-bond acceptors (Lipinski definition) is 3. The highest BCUT2D eigenvalue weighted by Gasteiger charge is 2.10. The molecule has 1 atom stereocenters. The van der Waals surface area contributed by atoms with Crippen LogP contribution >= 0.6 is 0 Å². The van der Waals surface area contributed by atoms with E-state index in [2.05, 4.69) is 25.2 Å². The molecular weight excluding hydrogens is 214 g/mol. The standard InChI is InChI=1S/C14H23NO2/c1-4-10-17-14-8-6-5-7-13(14)12(2)15-9-11-16-3/h5-8,12,15H,4,9-11H2,1-3H3/t12-/m0/s1. The highest BCUT2D eigenvalue weighted by molar-refractivity contribution is 5.35. The Labute approximate surface area is 104 Å². The second-order valence-electron chi connectivity index (χ2n) is 4.05. The zero-order valence-electron chi connectivity index (χ0n) is 11.0. The van der Waals surface area contributed by atoms with Crippen LogP contribution in [0.4, 0.5) is 0 Å². The lowest BCUT2D eigenvalue weighted by molar-refractivity contribution is 0.196. The van der Waals surface area contributed by atoms with Gasteiger partial charge in [0, 0.05) is 25.3 Å². The monoisotopic (exact) mass is 237 g/mol. The number of ether oxygens (including phenoxy) is 2. The van der Waals surface area contributed by atoms with Crippen molar-refractivity contribution in [1.29, 1.82) is 0 Å². The molecule has 1 rings (SSSR count). The Morgan fingerprint density at radius 2 is 2.00 bits per heavy atom. The maximum absolute atomic E-state index is 5.74. The van der Waals surface area contributed by atoms with Gasteiger partial charge in [-0.2, -0.15) is 0 Å². The minimum Gasteiger partial charge on any atom is -0.493 e. The Morgan fingerprint density at radius 1 is 1.24 bits per heavy atom. The second-order valence-corrected chi connectivity index (χ2v) is 4.05. The van der Waals surface area contributed by atoms with Crippen molar-refractivity contribution in [2.24, 2.45) is 0 Å². The third-order valence-corrected chi connectivity index (χ3v) is 2.60. The van der Waals surface area contributed by atoms with E-state index >= 15 is 0 Å². The summed E-state index contributed by atoms with van der Waals surface area (Å²) in [4.78, 5) is 0. The molecule has 1 N–H and O–H groups in total. The Balaban J connectivity index is 2.60. The molecule has 0 aliphatic carbocycles. The molecule has 17 heavy (non-hydrogen) atoms. The molecule has 0 saturated heterocycles. The Morgan fingerprint density at radius 3 is 2.71 bits per heavy atom. The molecular formula is C14H23NO2. The number of benzene rings is 1. The largest absolute Gasteiger partial charge is 0.493 e. The van der Waals surface area contributed by atoms with Crippen LogP contribution in [0.25, 0.3) is 0 Å². The molecule has 1 aromatic carbocycles. The van der Waals surface area contributed by atoms with E-state index in [-0.39, 0.29) is 6.04 Å². The molecule has 3 heteroatoms. The van der Waals surface area contributed by atoms with E-state index in [1.165, 1.54) is 5.56 Å². The van der Waals surface area contributed by atoms with E-state index in [0.29, 0.717) is 0 Å². The maximum Gasteiger partial charge on any atom is 0.124 e. The number of para-hydroxylation sites is 1. The van der Waals surface area contributed by atoms with Crippen LogP contribution in [0.15, 0.2) is 24.3 Å². The first-order valence-electron chi connectivity index (χ1n) is 6.23. The smallest absolute Gasteiger partial charge is 0.124 e. The predicted molar refractivity (Wildman–Crippen MR) is 70.5 cm³/mol. The molecule has 0 aliphatic rings. The molecule has 0 unspecified atom stereocenters. The normalized spacial score (nSPS) is 12.4. The van der Waals surface area contributed by atoms with Gasteiger partial charge >= 0.3 is 0 Å². The van der Waals surface area contributed by atoms with Crippen LogP contribution in [0.1, 0.15) is 31.9 Å². The average Bonchev–Trinajstić information content (AvgIpc) is 2.37. The van der Waals surface area contributed by atoms with Crippen LogP contribution < -0.4 is 10.1 Å². The van der Waals surface area contributed by atoms with Crippen molar-refractivity contribution in [3.05, 3.63) is 29.8 Å². The fraction of sp³-hybridized carbons (Fsp3) is 0.571. The first kappa shape index (κ1) is 14.0. The summed E-state index contributed by atoms with van der Waals surface area (Å²) in [6, 6.07) is 8.46. The number of rotatable bonds is 8. The minimum atomic E-state index is 0.276. The molecule has 0 aliphatic heterocycles. The highest BCUT2D eigenvalue weighted by atomic mass is 16.5. The van der Waals surface area contributed by atoms with Crippen molar-refractivity contribution in [3.8, 4) is 5.75 Å². The number of methoxy groups -OCH3 is 1. The second kappa shape index (κ2) is 8.09. The van der Waals surface area contributed by atoms with Crippen LogP contribution in [0.2, 0.25) is 0 Å². The van der Waals surface area contributed by atoms with Gasteiger partial charge in [0.15, 0.2) is 0 Å². The number of hydrogen-bond donors (Lipinski definition) is 1. The van der Waals surface area contributed by atoms with Crippen LogP contribution in [0.3, 0.4) is 0 Å². The predicted octanol–water partition coefficient (Wildman–Crippen LogP) is 2.77. The van der Waals surface area contributed by atoms with Gasteiger partial charge in [-0.05, 0) is 19.4 Å². The van der Waals surface area contributed by atoms with Crippen LogP contribution in [-0.2, 0) is 4.74 Å². The van der Waals surface area contributed by atoms with Gasteiger partial charge in [-0.25, -0.2) is 0 Å². The summed E-state index contributed by atoms with van der Waals surface area (Å²) >= 11 is 0. The van der Waals surface area contributed by atoms with Gasteiger partial charge in [-0.15, -0.1) is 0 Å². The molecule has 0 fully saturated rings. The Bertz CT molecular complexity index is 315. The van der Waals surface area contributed by atoms with Crippen LogP contribution in [0.5, 0.6) is 5.75 Å². The van der Waals surface area contributed by atoms with Crippen molar-refractivity contribution in [1.82, 2.24) is 5.32 Å². The summed E-state index contributed by atoms with van der Waals surface area (Å²) in [5.74, 6) is 0.978. The summed E-state index contributed by atoms with van der Waals surface area (Å²) in [6.07, 6.45) is 1.03. The van der Waals surface area contributed by atoms with Crippen molar-refractivity contribution in [2.45, 2.75) is 26.3 Å². The first-order valence-corrected chi connectivity index (χ1v) is 6.23. The molecule has 3 nitrogen and oxygen atoms in total. The molecule has 0 aromatic heterocycles. The molecule has 1 aromatic rings. The quantitative estimate of drug-likeness (QED) is 0.705. The molecule has 0 bridgehead atoms. The topological polar surface area (TPSA) is 30.5 Å². The first-order chi connectivity index (χ1) is 8.29. The molecule has 0 spiro atoms. The van der Waals surface area contributed by atoms with Crippen LogP contribution in [-0.4, -0.2) is 26.9 Å². The molecule has 0 saturated carbocycles. The lowest BCUT2D eigenvalue weighted by Gasteiger charge is -2.18. The summed E-state index contributed by atoms with van der Waals surface area (Å²) in [7, 11) is 1.71. The fourth-order valence-corrected chi connectivity index (χ4v) is 1.67. The molecule has 0 radical (unpaired) electrons. The van der Waals surface area contributed by atoms with Crippen molar-refractivity contribution < 1.29 is 9.47 Å². The van der Waals surface area contributed by atoms with Gasteiger partial charge in [0.25, 0.3) is 0 Å². The van der Waals surface area contributed by atoms with Crippen molar-refractivity contribution in [3.63, 3.8) is 0 Å². The van der Waals surface area contributed by atoms with Crippen molar-refractivity contribution in [2.75, 3.05) is 26.9 Å².